The van der Waals surface area contributed by atoms with Crippen LogP contribution >= 0.6 is 0 Å². The van der Waals surface area contributed by atoms with Crippen LogP contribution in [0.25, 0.3) is 0 Å². The number of rotatable bonds is 6. The first-order valence-corrected chi connectivity index (χ1v) is 6.42. The van der Waals surface area contributed by atoms with E-state index in [1.54, 1.807) is 6.20 Å². The Bertz CT molecular complexity index is 373. The van der Waals surface area contributed by atoms with Crippen molar-refractivity contribution in [3.8, 4) is 0 Å². The van der Waals surface area contributed by atoms with Gasteiger partial charge in [-0.3, -0.25) is 9.78 Å². The Labute approximate surface area is 109 Å². The molecule has 0 spiro atoms. The zero-order valence-corrected chi connectivity index (χ0v) is 11.4. The molecule has 1 aromatic heterocycles. The number of pyridine rings is 1. The second-order valence-corrected chi connectivity index (χ2v) is 5.11. The molecule has 0 aliphatic heterocycles. The summed E-state index contributed by atoms with van der Waals surface area (Å²) in [5.74, 6) is 0.539. The van der Waals surface area contributed by atoms with Crippen molar-refractivity contribution in [3.05, 3.63) is 29.6 Å². The number of nitrogens with one attached hydrogen (secondary N) is 1. The minimum atomic E-state index is 0.0109. The van der Waals surface area contributed by atoms with Crippen molar-refractivity contribution < 1.29 is 4.79 Å². The maximum Gasteiger partial charge on any atom is 0.224 e. The lowest BCUT2D eigenvalue weighted by Crippen LogP contribution is -2.41. The molecule has 0 aliphatic carbocycles. The van der Waals surface area contributed by atoms with Crippen molar-refractivity contribution in [2.75, 3.05) is 6.54 Å². The summed E-state index contributed by atoms with van der Waals surface area (Å²) in [5.41, 5.74) is 7.54. The van der Waals surface area contributed by atoms with Gasteiger partial charge in [0.15, 0.2) is 0 Å². The van der Waals surface area contributed by atoms with E-state index in [0.29, 0.717) is 18.9 Å². The molecule has 18 heavy (non-hydrogen) atoms. The summed E-state index contributed by atoms with van der Waals surface area (Å²) in [5, 5.41) is 2.97. The molecule has 1 unspecified atom stereocenters. The van der Waals surface area contributed by atoms with Gasteiger partial charge in [-0.05, 0) is 30.9 Å². The van der Waals surface area contributed by atoms with Gasteiger partial charge >= 0.3 is 0 Å². The molecule has 1 aromatic rings. The number of carbonyl (C=O) groups excluding carboxylic acids is 1. The number of nitrogens with zero attached hydrogens (tertiary/aromatic N) is 1. The van der Waals surface area contributed by atoms with Crippen molar-refractivity contribution in [2.45, 2.75) is 39.7 Å². The first-order chi connectivity index (χ1) is 8.51. The molecule has 0 saturated carbocycles. The Morgan fingerprint density at radius 2 is 2.17 bits per heavy atom. The van der Waals surface area contributed by atoms with E-state index in [9.17, 15) is 4.79 Å². The monoisotopic (exact) mass is 249 g/mol. The Kier molecular flexibility index (Phi) is 5.78. The third kappa shape index (κ3) is 5.27. The average molecular weight is 249 g/mol. The van der Waals surface area contributed by atoms with Gasteiger partial charge in [-0.25, -0.2) is 0 Å². The van der Waals surface area contributed by atoms with Crippen LogP contribution in [0.2, 0.25) is 0 Å². The molecule has 1 heterocycles. The van der Waals surface area contributed by atoms with E-state index in [4.69, 9.17) is 5.73 Å². The number of amides is 1. The second kappa shape index (κ2) is 7.11. The molecular formula is C14H23N3O. The molecule has 0 fully saturated rings. The molecule has 0 aliphatic rings. The molecule has 1 atom stereocenters. The highest BCUT2D eigenvalue weighted by Crippen LogP contribution is 2.05. The van der Waals surface area contributed by atoms with Crippen molar-refractivity contribution in [2.24, 2.45) is 11.7 Å². The standard InChI is InChI=1S/C14H23N3O/c1-10(2)6-13(8-15)17-14(18)7-12-5-4-11(3)16-9-12/h4-5,9-10,13H,6-8,15H2,1-3H3,(H,17,18). The molecule has 4 heteroatoms. The first-order valence-electron chi connectivity index (χ1n) is 6.42. The number of carbonyl (C=O) groups is 1. The number of hydrogen-bond acceptors (Lipinski definition) is 3. The predicted molar refractivity (Wildman–Crippen MR) is 73.1 cm³/mol. The lowest BCUT2D eigenvalue weighted by molar-refractivity contribution is -0.121. The van der Waals surface area contributed by atoms with Gasteiger partial charge in [0, 0.05) is 24.5 Å². The van der Waals surface area contributed by atoms with Crippen LogP contribution in [0.3, 0.4) is 0 Å². The van der Waals surface area contributed by atoms with Gasteiger partial charge < -0.3 is 11.1 Å². The summed E-state index contributed by atoms with van der Waals surface area (Å²) in [7, 11) is 0. The fourth-order valence-electron chi connectivity index (χ4n) is 1.85. The zero-order valence-electron chi connectivity index (χ0n) is 11.4. The number of hydrogen-bond donors (Lipinski definition) is 2. The van der Waals surface area contributed by atoms with Crippen LogP contribution in [0.1, 0.15) is 31.5 Å². The van der Waals surface area contributed by atoms with Gasteiger partial charge in [-0.2, -0.15) is 0 Å². The molecule has 0 aromatic carbocycles. The van der Waals surface area contributed by atoms with Crippen LogP contribution in [0.4, 0.5) is 0 Å². The molecule has 100 valence electrons. The highest BCUT2D eigenvalue weighted by molar-refractivity contribution is 5.78. The van der Waals surface area contributed by atoms with Crippen LogP contribution in [0, 0.1) is 12.8 Å². The van der Waals surface area contributed by atoms with E-state index >= 15 is 0 Å². The maximum absolute atomic E-state index is 11.9. The first kappa shape index (κ1) is 14.6. The topological polar surface area (TPSA) is 68.0 Å². The zero-order chi connectivity index (χ0) is 13.5. The Morgan fingerprint density at radius 1 is 1.44 bits per heavy atom. The average Bonchev–Trinajstić information content (AvgIpc) is 2.30. The van der Waals surface area contributed by atoms with Gasteiger partial charge in [-0.15, -0.1) is 0 Å². The lowest BCUT2D eigenvalue weighted by Gasteiger charge is -2.18. The van der Waals surface area contributed by atoms with Gasteiger partial charge in [0.1, 0.15) is 0 Å². The van der Waals surface area contributed by atoms with E-state index in [1.807, 2.05) is 19.1 Å². The summed E-state index contributed by atoms with van der Waals surface area (Å²) in [4.78, 5) is 16.0. The lowest BCUT2D eigenvalue weighted by atomic mass is 10.0. The molecule has 1 amide bonds. The largest absolute Gasteiger partial charge is 0.352 e. The molecule has 1 rings (SSSR count). The third-order valence-corrected chi connectivity index (χ3v) is 2.74. The smallest absolute Gasteiger partial charge is 0.224 e. The summed E-state index contributed by atoms with van der Waals surface area (Å²) in [6.45, 7) is 6.66. The van der Waals surface area contributed by atoms with Crippen molar-refractivity contribution in [3.63, 3.8) is 0 Å². The summed E-state index contributed by atoms with van der Waals surface area (Å²) < 4.78 is 0. The molecule has 0 bridgehead atoms. The molecular weight excluding hydrogens is 226 g/mol. The number of aryl methyl sites for hydroxylation is 1. The fourth-order valence-corrected chi connectivity index (χ4v) is 1.85. The Balaban J connectivity index is 2.47. The quantitative estimate of drug-likeness (QED) is 0.801. The van der Waals surface area contributed by atoms with E-state index in [0.717, 1.165) is 17.7 Å². The maximum atomic E-state index is 11.9. The predicted octanol–water partition coefficient (Wildman–Crippen LogP) is 1.42. The summed E-state index contributed by atoms with van der Waals surface area (Å²) in [6, 6.07) is 3.91. The molecule has 0 radical (unpaired) electrons. The van der Waals surface area contributed by atoms with Crippen LogP contribution in [-0.2, 0) is 11.2 Å². The number of nitrogens with two attached hydrogens (primary N) is 1. The Hall–Kier alpha value is -1.42. The normalized spacial score (nSPS) is 12.5. The SMILES string of the molecule is Cc1ccc(CC(=O)NC(CN)CC(C)C)cn1. The van der Waals surface area contributed by atoms with Gasteiger partial charge in [0.2, 0.25) is 5.91 Å². The van der Waals surface area contributed by atoms with E-state index in [1.165, 1.54) is 0 Å². The van der Waals surface area contributed by atoms with Crippen molar-refractivity contribution in [1.82, 2.24) is 10.3 Å². The minimum absolute atomic E-state index is 0.0109. The van der Waals surface area contributed by atoms with Gasteiger partial charge in [0.25, 0.3) is 0 Å². The van der Waals surface area contributed by atoms with Crippen molar-refractivity contribution in [1.29, 1.82) is 0 Å². The highest BCUT2D eigenvalue weighted by atomic mass is 16.1. The van der Waals surface area contributed by atoms with Crippen LogP contribution in [0.5, 0.6) is 0 Å². The highest BCUT2D eigenvalue weighted by Gasteiger charge is 2.12. The molecule has 4 nitrogen and oxygen atoms in total. The second-order valence-electron chi connectivity index (χ2n) is 5.11. The summed E-state index contributed by atoms with van der Waals surface area (Å²) >= 11 is 0. The van der Waals surface area contributed by atoms with Crippen molar-refractivity contribution >= 4 is 5.91 Å². The fraction of sp³-hybridized carbons (Fsp3) is 0.571. The van der Waals surface area contributed by atoms with E-state index < -0.39 is 0 Å². The molecule has 0 saturated heterocycles. The van der Waals surface area contributed by atoms with Crippen LogP contribution in [0.15, 0.2) is 18.3 Å². The van der Waals surface area contributed by atoms with Gasteiger partial charge in [0.05, 0.1) is 6.42 Å². The van der Waals surface area contributed by atoms with E-state index in [-0.39, 0.29) is 11.9 Å². The Morgan fingerprint density at radius 3 is 2.67 bits per heavy atom. The minimum Gasteiger partial charge on any atom is -0.352 e. The van der Waals surface area contributed by atoms with Crippen LogP contribution < -0.4 is 11.1 Å². The van der Waals surface area contributed by atoms with Gasteiger partial charge in [-0.1, -0.05) is 19.9 Å². The van der Waals surface area contributed by atoms with Crippen LogP contribution in [-0.4, -0.2) is 23.5 Å². The summed E-state index contributed by atoms with van der Waals surface area (Å²) in [6.07, 6.45) is 3.02. The molecule has 3 N–H and O–H groups in total. The number of aromatic nitrogens is 1. The third-order valence-electron chi connectivity index (χ3n) is 2.74. The van der Waals surface area contributed by atoms with E-state index in [2.05, 4.69) is 24.1 Å².